The summed E-state index contributed by atoms with van der Waals surface area (Å²) in [6.07, 6.45) is 2.24. The number of hydrogen-bond donors (Lipinski definition) is 0. The normalized spacial score (nSPS) is 18.2. The molecule has 0 aromatic heterocycles. The largest absolute Gasteiger partial charge is 0.471 e. The fraction of sp³-hybridized carbons (Fsp3) is 0.423. The number of allylic oxidation sites excluding steroid dienone is 1. The van der Waals surface area contributed by atoms with Gasteiger partial charge in [0.25, 0.3) is 0 Å². The number of likely N-dealkylation sites (tertiary alicyclic amines) is 1. The minimum absolute atomic E-state index is 0.0514. The molecule has 0 unspecified atom stereocenters. The van der Waals surface area contributed by atoms with Gasteiger partial charge in [-0.1, -0.05) is 65.7 Å². The maximum absolute atomic E-state index is 13.0. The number of nitrogens with zero attached hydrogens (tertiary/aromatic N) is 2. The fourth-order valence-electron chi connectivity index (χ4n) is 5.14. The molecular weight excluding hydrogens is 484 g/mol. The molecule has 182 valence electrons. The van der Waals surface area contributed by atoms with Crippen LogP contribution < -0.4 is 0 Å². The van der Waals surface area contributed by atoms with E-state index in [2.05, 4.69) is 41.3 Å². The van der Waals surface area contributed by atoms with Crippen LogP contribution in [0, 0.1) is 0 Å². The first-order valence-corrected chi connectivity index (χ1v) is 12.1. The zero-order chi connectivity index (χ0) is 24.5. The van der Waals surface area contributed by atoms with Crippen molar-refractivity contribution in [3.05, 3.63) is 75.3 Å². The Kier molecular flexibility index (Phi) is 7.32. The molecule has 0 N–H and O–H groups in total. The lowest BCUT2D eigenvalue weighted by Crippen LogP contribution is -2.43. The second kappa shape index (κ2) is 9.92. The summed E-state index contributed by atoms with van der Waals surface area (Å²) in [6.45, 7) is 2.48. The second-order valence-corrected chi connectivity index (χ2v) is 10.1. The number of likely N-dealkylation sites (N-methyl/N-ethyl adjacent to an activating group) is 1. The number of carbonyl (C=O) groups is 1. The molecule has 1 aliphatic heterocycles. The predicted octanol–water partition coefficient (Wildman–Crippen LogP) is 6.55. The first-order chi connectivity index (χ1) is 16.1. The molecular formula is C26H27Cl2F3N2O. The van der Waals surface area contributed by atoms with Crippen molar-refractivity contribution in [2.45, 2.75) is 36.8 Å². The Morgan fingerprint density at radius 1 is 1.12 bits per heavy atom. The summed E-state index contributed by atoms with van der Waals surface area (Å²) in [7, 11) is 1.19. The topological polar surface area (TPSA) is 23.6 Å². The number of amides is 1. The Bertz CT molecular complexity index is 1080. The van der Waals surface area contributed by atoms with Crippen molar-refractivity contribution < 1.29 is 18.0 Å². The van der Waals surface area contributed by atoms with Crippen molar-refractivity contribution in [3.63, 3.8) is 0 Å². The highest BCUT2D eigenvalue weighted by Crippen LogP contribution is 2.43. The maximum atomic E-state index is 13.0. The number of carbonyl (C=O) groups excluding carboxylic acids is 1. The lowest BCUT2D eigenvalue weighted by atomic mass is 9.74. The van der Waals surface area contributed by atoms with Crippen LogP contribution in [0.3, 0.4) is 0 Å². The predicted molar refractivity (Wildman–Crippen MR) is 130 cm³/mol. The van der Waals surface area contributed by atoms with Crippen molar-refractivity contribution in [1.82, 2.24) is 9.80 Å². The van der Waals surface area contributed by atoms with Gasteiger partial charge in [0.1, 0.15) is 0 Å². The summed E-state index contributed by atoms with van der Waals surface area (Å²) >= 11 is 12.2. The molecule has 0 bridgehead atoms. The molecule has 2 aliphatic rings. The molecule has 2 aromatic rings. The zero-order valence-corrected chi connectivity index (χ0v) is 20.4. The SMILES string of the molecule is CN(C[C@@H](CCN1CCC2(C=Cc3ccccc32)CC1)c1ccc(Cl)c(Cl)c1)C(=O)C(F)(F)F. The Morgan fingerprint density at radius 2 is 1.82 bits per heavy atom. The van der Waals surface area contributed by atoms with Gasteiger partial charge in [0, 0.05) is 24.9 Å². The summed E-state index contributed by atoms with van der Waals surface area (Å²) in [6, 6.07) is 13.6. The van der Waals surface area contributed by atoms with E-state index in [1.165, 1.54) is 18.2 Å². The third kappa shape index (κ3) is 5.29. The number of alkyl halides is 3. The van der Waals surface area contributed by atoms with Gasteiger partial charge in [0.15, 0.2) is 0 Å². The summed E-state index contributed by atoms with van der Waals surface area (Å²) in [5.74, 6) is -2.14. The Hall–Kier alpha value is -2.02. The average molecular weight is 511 g/mol. The van der Waals surface area contributed by atoms with Gasteiger partial charge in [-0.2, -0.15) is 13.2 Å². The summed E-state index contributed by atoms with van der Waals surface area (Å²) in [5, 5.41) is 0.732. The van der Waals surface area contributed by atoms with Gasteiger partial charge in [-0.3, -0.25) is 4.79 Å². The third-order valence-electron chi connectivity index (χ3n) is 7.12. The van der Waals surface area contributed by atoms with Crippen molar-refractivity contribution >= 4 is 35.2 Å². The molecule has 8 heteroatoms. The quantitative estimate of drug-likeness (QED) is 0.439. The standard InChI is InChI=1S/C26H27Cl2F3N2O/c1-32(24(34)26(29,30)31)17-20(19-6-7-22(27)23(28)16-19)9-13-33-14-11-25(12-15-33)10-8-18-4-2-3-5-21(18)25/h2-8,10,16,20H,9,11-15,17H2,1H3/t20-/m1/s1. The van der Waals surface area contributed by atoms with Crippen LogP contribution in [0.5, 0.6) is 0 Å². The molecule has 0 radical (unpaired) electrons. The van der Waals surface area contributed by atoms with Crippen molar-refractivity contribution in [2.75, 3.05) is 33.2 Å². The Morgan fingerprint density at radius 3 is 2.50 bits per heavy atom. The van der Waals surface area contributed by atoms with Gasteiger partial charge in [0.05, 0.1) is 10.0 Å². The van der Waals surface area contributed by atoms with E-state index in [0.29, 0.717) is 16.5 Å². The van der Waals surface area contributed by atoms with Crippen LogP contribution in [-0.4, -0.2) is 55.1 Å². The van der Waals surface area contributed by atoms with Gasteiger partial charge < -0.3 is 9.80 Å². The van der Waals surface area contributed by atoms with Gasteiger partial charge in [-0.25, -0.2) is 0 Å². The van der Waals surface area contributed by atoms with Crippen molar-refractivity contribution in [3.8, 4) is 0 Å². The van der Waals surface area contributed by atoms with Crippen LogP contribution in [0.15, 0.2) is 48.5 Å². The maximum Gasteiger partial charge on any atom is 0.471 e. The number of rotatable bonds is 6. The second-order valence-electron chi connectivity index (χ2n) is 9.26. The van der Waals surface area contributed by atoms with E-state index in [-0.39, 0.29) is 17.9 Å². The average Bonchev–Trinajstić information content (AvgIpc) is 3.16. The van der Waals surface area contributed by atoms with E-state index in [0.717, 1.165) is 42.9 Å². The molecule has 34 heavy (non-hydrogen) atoms. The van der Waals surface area contributed by atoms with E-state index in [1.54, 1.807) is 18.2 Å². The highest BCUT2D eigenvalue weighted by Gasteiger charge is 2.42. The van der Waals surface area contributed by atoms with Gasteiger partial charge in [0.2, 0.25) is 0 Å². The number of piperidine rings is 1. The molecule has 0 saturated carbocycles. The minimum atomic E-state index is -4.90. The van der Waals surface area contributed by atoms with Gasteiger partial charge in [-0.05, 0) is 67.7 Å². The lowest BCUT2D eigenvalue weighted by Gasteiger charge is -2.40. The van der Waals surface area contributed by atoms with Crippen molar-refractivity contribution in [2.24, 2.45) is 0 Å². The highest BCUT2D eigenvalue weighted by molar-refractivity contribution is 6.42. The molecule has 1 aliphatic carbocycles. The first-order valence-electron chi connectivity index (χ1n) is 11.4. The van der Waals surface area contributed by atoms with Crippen LogP contribution in [-0.2, 0) is 10.2 Å². The molecule has 2 aromatic carbocycles. The smallest absolute Gasteiger partial charge is 0.337 e. The summed E-state index contributed by atoms with van der Waals surface area (Å²) < 4.78 is 38.9. The Balaban J connectivity index is 1.42. The number of fused-ring (bicyclic) bond motifs is 2. The van der Waals surface area contributed by atoms with E-state index < -0.39 is 12.1 Å². The molecule has 4 rings (SSSR count). The van der Waals surface area contributed by atoms with E-state index in [9.17, 15) is 18.0 Å². The number of benzene rings is 2. The molecule has 1 fully saturated rings. The van der Waals surface area contributed by atoms with E-state index in [1.807, 2.05) is 0 Å². The van der Waals surface area contributed by atoms with Crippen LogP contribution in [0.4, 0.5) is 13.2 Å². The zero-order valence-electron chi connectivity index (χ0n) is 18.9. The van der Waals surface area contributed by atoms with Crippen LogP contribution in [0.25, 0.3) is 6.08 Å². The Labute approximate surface area is 208 Å². The number of hydrogen-bond acceptors (Lipinski definition) is 2. The molecule has 1 amide bonds. The van der Waals surface area contributed by atoms with Gasteiger partial charge >= 0.3 is 12.1 Å². The van der Waals surface area contributed by atoms with Crippen molar-refractivity contribution in [1.29, 1.82) is 0 Å². The van der Waals surface area contributed by atoms with Gasteiger partial charge in [-0.15, -0.1) is 0 Å². The monoisotopic (exact) mass is 510 g/mol. The molecule has 3 nitrogen and oxygen atoms in total. The van der Waals surface area contributed by atoms with Crippen LogP contribution in [0.1, 0.15) is 41.9 Å². The lowest BCUT2D eigenvalue weighted by molar-refractivity contribution is -0.184. The first kappa shape index (κ1) is 25.1. The fourth-order valence-corrected chi connectivity index (χ4v) is 5.45. The molecule has 1 saturated heterocycles. The van der Waals surface area contributed by atoms with Crippen LogP contribution in [0.2, 0.25) is 10.0 Å². The molecule has 1 heterocycles. The minimum Gasteiger partial charge on any atom is -0.337 e. The summed E-state index contributed by atoms with van der Waals surface area (Å²) in [4.78, 5) is 14.8. The molecule has 1 atom stereocenters. The van der Waals surface area contributed by atoms with E-state index >= 15 is 0 Å². The van der Waals surface area contributed by atoms with Crippen LogP contribution >= 0.6 is 23.2 Å². The third-order valence-corrected chi connectivity index (χ3v) is 7.86. The number of halogens is 5. The van der Waals surface area contributed by atoms with E-state index in [4.69, 9.17) is 23.2 Å². The summed E-state index contributed by atoms with van der Waals surface area (Å²) in [5.41, 5.74) is 3.52. The molecule has 1 spiro atoms. The highest BCUT2D eigenvalue weighted by atomic mass is 35.5.